The van der Waals surface area contributed by atoms with Gasteiger partial charge in [0.1, 0.15) is 12.4 Å². The normalized spacial score (nSPS) is 12.0. The molecule has 0 aromatic heterocycles. The Labute approximate surface area is 165 Å². The second kappa shape index (κ2) is 7.67. The highest BCUT2D eigenvalue weighted by atomic mass is 16.6. The van der Waals surface area contributed by atoms with Crippen LogP contribution in [0, 0.1) is 0 Å². The smallest absolute Gasteiger partial charge is 0.308 e. The lowest BCUT2D eigenvalue weighted by Gasteiger charge is -2.23. The second-order valence-corrected chi connectivity index (χ2v) is 6.28. The van der Waals surface area contributed by atoms with Gasteiger partial charge in [-0.2, -0.15) is 0 Å². The predicted molar refractivity (Wildman–Crippen MR) is 97.8 cm³/mol. The van der Waals surface area contributed by atoms with Gasteiger partial charge >= 0.3 is 17.9 Å². The summed E-state index contributed by atoms with van der Waals surface area (Å²) in [6.45, 7) is 2.99. The number of ketones is 2. The molecule has 0 N–H and O–H groups in total. The van der Waals surface area contributed by atoms with Crippen LogP contribution < -0.4 is 9.47 Å². The zero-order valence-corrected chi connectivity index (χ0v) is 15.9. The third kappa shape index (κ3) is 3.77. The molecular weight excluding hydrogens is 380 g/mol. The zero-order chi connectivity index (χ0) is 21.3. The Morgan fingerprint density at radius 3 is 1.93 bits per heavy atom. The lowest BCUT2D eigenvalue weighted by atomic mass is 9.82. The molecule has 0 fully saturated rings. The Morgan fingerprint density at radius 1 is 0.793 bits per heavy atom. The van der Waals surface area contributed by atoms with Gasteiger partial charge < -0.3 is 14.2 Å². The maximum Gasteiger partial charge on any atom is 0.308 e. The molecule has 0 aliphatic heterocycles. The molecule has 0 amide bonds. The van der Waals surface area contributed by atoms with Gasteiger partial charge in [-0.1, -0.05) is 24.3 Å². The minimum atomic E-state index is -0.768. The summed E-state index contributed by atoms with van der Waals surface area (Å²) in [5.74, 6) is -3.57. The fraction of sp³-hybridized carbons (Fsp3) is 0.190. The molecule has 0 saturated heterocycles. The zero-order valence-electron chi connectivity index (χ0n) is 15.9. The topological polar surface area (TPSA) is 113 Å². The fourth-order valence-electron chi connectivity index (χ4n) is 3.05. The van der Waals surface area contributed by atoms with E-state index in [0.717, 1.165) is 13.8 Å². The number of fused-ring (bicyclic) bond motifs is 2. The summed E-state index contributed by atoms with van der Waals surface area (Å²) in [5.41, 5.74) is 0.0944. The summed E-state index contributed by atoms with van der Waals surface area (Å²) in [7, 11) is 0. The van der Waals surface area contributed by atoms with Crippen molar-refractivity contribution in [3.8, 4) is 11.5 Å². The van der Waals surface area contributed by atoms with Crippen LogP contribution in [-0.4, -0.2) is 29.5 Å². The van der Waals surface area contributed by atoms with E-state index in [9.17, 15) is 24.0 Å². The highest BCUT2D eigenvalue weighted by Gasteiger charge is 2.36. The first-order valence-electron chi connectivity index (χ1n) is 8.59. The monoisotopic (exact) mass is 396 g/mol. The van der Waals surface area contributed by atoms with E-state index in [1.165, 1.54) is 25.1 Å². The summed E-state index contributed by atoms with van der Waals surface area (Å²) in [4.78, 5) is 60.7. The first kappa shape index (κ1) is 19.9. The average molecular weight is 396 g/mol. The standard InChI is InChI=1S/C21H16O8/c1-10(22)27-9-16-17(28-11(2)23)8-15-18(21(16)29-12(3)24)20(26)14-7-5-4-6-13(14)19(15)25/h4-8H,9H2,1-3H3. The quantitative estimate of drug-likeness (QED) is 0.488. The van der Waals surface area contributed by atoms with Gasteiger partial charge in [0.25, 0.3) is 0 Å². The number of benzene rings is 2. The highest BCUT2D eigenvalue weighted by Crippen LogP contribution is 2.41. The Hall–Kier alpha value is -3.81. The molecule has 0 radical (unpaired) electrons. The van der Waals surface area contributed by atoms with Crippen LogP contribution in [0.15, 0.2) is 30.3 Å². The molecule has 0 bridgehead atoms. The van der Waals surface area contributed by atoms with Crippen molar-refractivity contribution in [2.75, 3.05) is 0 Å². The van der Waals surface area contributed by atoms with E-state index in [-0.39, 0.29) is 39.3 Å². The van der Waals surface area contributed by atoms with Crippen molar-refractivity contribution in [2.24, 2.45) is 0 Å². The molecule has 29 heavy (non-hydrogen) atoms. The van der Waals surface area contributed by atoms with E-state index in [1.54, 1.807) is 12.1 Å². The molecule has 3 rings (SSSR count). The van der Waals surface area contributed by atoms with Crippen LogP contribution in [0.3, 0.4) is 0 Å². The molecule has 1 aliphatic rings. The molecular formula is C21H16O8. The number of hydrogen-bond donors (Lipinski definition) is 0. The van der Waals surface area contributed by atoms with Crippen LogP contribution in [0.1, 0.15) is 58.2 Å². The third-order valence-electron chi connectivity index (χ3n) is 4.15. The molecule has 0 atom stereocenters. The first-order valence-corrected chi connectivity index (χ1v) is 8.59. The van der Waals surface area contributed by atoms with Gasteiger partial charge in [-0.05, 0) is 6.07 Å². The largest absolute Gasteiger partial charge is 0.461 e. The summed E-state index contributed by atoms with van der Waals surface area (Å²) < 4.78 is 15.4. The van der Waals surface area contributed by atoms with E-state index >= 15 is 0 Å². The van der Waals surface area contributed by atoms with Crippen molar-refractivity contribution >= 4 is 29.5 Å². The Balaban J connectivity index is 2.32. The van der Waals surface area contributed by atoms with Gasteiger partial charge in [-0.25, -0.2) is 0 Å². The summed E-state index contributed by atoms with van der Waals surface area (Å²) in [5, 5.41) is 0. The first-order chi connectivity index (χ1) is 13.7. The minimum Gasteiger partial charge on any atom is -0.461 e. The number of carbonyl (C=O) groups is 5. The van der Waals surface area contributed by atoms with Crippen LogP contribution >= 0.6 is 0 Å². The van der Waals surface area contributed by atoms with E-state index in [0.29, 0.717) is 0 Å². The molecule has 8 nitrogen and oxygen atoms in total. The third-order valence-corrected chi connectivity index (χ3v) is 4.15. The molecule has 0 saturated carbocycles. The van der Waals surface area contributed by atoms with Gasteiger partial charge in [-0.3, -0.25) is 24.0 Å². The molecule has 2 aromatic rings. The summed E-state index contributed by atoms with van der Waals surface area (Å²) >= 11 is 0. The lowest BCUT2D eigenvalue weighted by molar-refractivity contribution is -0.142. The summed E-state index contributed by atoms with van der Waals surface area (Å²) in [6, 6.07) is 7.43. The number of rotatable bonds is 4. The fourth-order valence-corrected chi connectivity index (χ4v) is 3.05. The van der Waals surface area contributed by atoms with Gasteiger partial charge in [0.15, 0.2) is 17.3 Å². The van der Waals surface area contributed by atoms with Gasteiger partial charge in [0.2, 0.25) is 0 Å². The van der Waals surface area contributed by atoms with Gasteiger partial charge in [0.05, 0.1) is 11.1 Å². The summed E-state index contributed by atoms with van der Waals surface area (Å²) in [6.07, 6.45) is 0. The maximum absolute atomic E-state index is 13.1. The molecule has 2 aromatic carbocycles. The molecule has 0 heterocycles. The van der Waals surface area contributed by atoms with E-state index in [1.807, 2.05) is 0 Å². The molecule has 0 unspecified atom stereocenters. The van der Waals surface area contributed by atoms with Gasteiger partial charge in [-0.15, -0.1) is 0 Å². The van der Waals surface area contributed by atoms with Crippen molar-refractivity contribution in [2.45, 2.75) is 27.4 Å². The number of hydrogen-bond acceptors (Lipinski definition) is 8. The Morgan fingerprint density at radius 2 is 1.38 bits per heavy atom. The van der Waals surface area contributed by atoms with Crippen molar-refractivity contribution in [1.29, 1.82) is 0 Å². The highest BCUT2D eigenvalue weighted by molar-refractivity contribution is 6.29. The second-order valence-electron chi connectivity index (χ2n) is 6.28. The average Bonchev–Trinajstić information content (AvgIpc) is 2.64. The van der Waals surface area contributed by atoms with Crippen molar-refractivity contribution < 1.29 is 38.2 Å². The SMILES string of the molecule is CC(=O)OCc1c(OC(C)=O)cc2c(c1OC(C)=O)C(=O)c1ccccc1C2=O. The van der Waals surface area contributed by atoms with Crippen LogP contribution in [0.5, 0.6) is 11.5 Å². The van der Waals surface area contributed by atoms with Crippen molar-refractivity contribution in [3.63, 3.8) is 0 Å². The minimum absolute atomic E-state index is 0.00937. The van der Waals surface area contributed by atoms with Crippen molar-refractivity contribution in [1.82, 2.24) is 0 Å². The van der Waals surface area contributed by atoms with Gasteiger partial charge in [0, 0.05) is 37.5 Å². The Kier molecular flexibility index (Phi) is 5.27. The van der Waals surface area contributed by atoms with Crippen molar-refractivity contribution in [3.05, 3.63) is 58.1 Å². The molecule has 8 heteroatoms. The van der Waals surface area contributed by atoms with Crippen LogP contribution in [0.25, 0.3) is 0 Å². The van der Waals surface area contributed by atoms with Crippen LogP contribution in [-0.2, 0) is 25.7 Å². The number of esters is 3. The lowest BCUT2D eigenvalue weighted by Crippen LogP contribution is -2.24. The predicted octanol–water partition coefficient (Wildman–Crippen LogP) is 2.38. The van der Waals surface area contributed by atoms with E-state index in [2.05, 4.69) is 0 Å². The molecule has 148 valence electrons. The maximum atomic E-state index is 13.1. The number of ether oxygens (including phenoxy) is 3. The molecule has 1 aliphatic carbocycles. The number of carbonyl (C=O) groups excluding carboxylic acids is 5. The van der Waals surface area contributed by atoms with E-state index < -0.39 is 36.1 Å². The Bertz CT molecular complexity index is 1080. The van der Waals surface area contributed by atoms with Crippen LogP contribution in [0.2, 0.25) is 0 Å². The molecule has 0 spiro atoms. The van der Waals surface area contributed by atoms with E-state index in [4.69, 9.17) is 14.2 Å². The van der Waals surface area contributed by atoms with Crippen LogP contribution in [0.4, 0.5) is 0 Å².